The smallest absolute Gasteiger partial charge is 0.274 e. The molecule has 1 saturated carbocycles. The van der Waals surface area contributed by atoms with Gasteiger partial charge in [0.1, 0.15) is 5.82 Å². The number of aromatic amines is 1. The van der Waals surface area contributed by atoms with Gasteiger partial charge in [0.2, 0.25) is 0 Å². The molecule has 2 heterocycles. The van der Waals surface area contributed by atoms with Crippen molar-refractivity contribution >= 4 is 37.7 Å². The van der Waals surface area contributed by atoms with Gasteiger partial charge in [-0.25, -0.2) is 9.07 Å². The number of nitrogens with one attached hydrogen (secondary N) is 1. The van der Waals surface area contributed by atoms with Crippen LogP contribution in [-0.2, 0) is 0 Å². The van der Waals surface area contributed by atoms with Crippen LogP contribution in [-0.4, -0.2) is 14.8 Å². The lowest BCUT2D eigenvalue weighted by Gasteiger charge is -2.33. The lowest BCUT2D eigenvalue weighted by molar-refractivity contribution is 0.233. The summed E-state index contributed by atoms with van der Waals surface area (Å²) in [6, 6.07) is 12.7. The molecule has 4 aromatic rings. The molecule has 4 nitrogen and oxygen atoms in total. The minimum atomic E-state index is -0.219. The molecule has 1 aliphatic carbocycles. The number of fused-ring (bicyclic) bond motifs is 2. The van der Waals surface area contributed by atoms with E-state index in [9.17, 15) is 9.18 Å². The molecule has 0 saturated heterocycles. The first-order valence-corrected chi connectivity index (χ1v) is 11.2. The van der Waals surface area contributed by atoms with Gasteiger partial charge in [0.05, 0.1) is 22.5 Å². The number of pyridine rings is 1. The van der Waals surface area contributed by atoms with Gasteiger partial charge >= 0.3 is 0 Å². The van der Waals surface area contributed by atoms with Crippen molar-refractivity contribution in [1.82, 2.24) is 14.8 Å². The van der Waals surface area contributed by atoms with E-state index in [0.717, 1.165) is 52.0 Å². The Morgan fingerprint density at radius 2 is 1.90 bits per heavy atom. The maximum absolute atomic E-state index is 13.8. The molecular formula is C24H23BrFN3O. The fourth-order valence-electron chi connectivity index (χ4n) is 5.01. The Bertz CT molecular complexity index is 1290. The third kappa shape index (κ3) is 3.37. The van der Waals surface area contributed by atoms with Crippen molar-refractivity contribution < 1.29 is 4.39 Å². The van der Waals surface area contributed by atoms with Crippen molar-refractivity contribution in [3.05, 3.63) is 74.9 Å². The maximum atomic E-state index is 13.8. The Hall–Kier alpha value is -2.47. The highest BCUT2D eigenvalue weighted by Crippen LogP contribution is 2.41. The highest BCUT2D eigenvalue weighted by atomic mass is 79.9. The Kier molecular flexibility index (Phi) is 4.97. The van der Waals surface area contributed by atoms with Crippen molar-refractivity contribution in [2.24, 2.45) is 5.92 Å². The zero-order chi connectivity index (χ0) is 20.8. The molecule has 0 spiro atoms. The number of aromatic nitrogens is 3. The lowest BCUT2D eigenvalue weighted by atomic mass is 9.75. The third-order valence-electron chi connectivity index (χ3n) is 6.71. The predicted octanol–water partition coefficient (Wildman–Crippen LogP) is 6.31. The molecule has 2 aromatic heterocycles. The van der Waals surface area contributed by atoms with E-state index >= 15 is 0 Å². The quantitative estimate of drug-likeness (QED) is 0.383. The monoisotopic (exact) mass is 467 g/mol. The van der Waals surface area contributed by atoms with E-state index in [0.29, 0.717) is 11.8 Å². The summed E-state index contributed by atoms with van der Waals surface area (Å²) in [6.07, 6.45) is 5.97. The summed E-state index contributed by atoms with van der Waals surface area (Å²) in [5.74, 6) is 0.611. The summed E-state index contributed by atoms with van der Waals surface area (Å²) >= 11 is 3.45. The van der Waals surface area contributed by atoms with Crippen LogP contribution in [0.1, 0.15) is 50.1 Å². The SMILES string of the molecule is C[C@H](C1CCC(c2ccnc3ccc(F)cc23)CC1)n1[nH]c2ccc(Br)cc2c1=O. The minimum Gasteiger partial charge on any atom is -0.295 e. The van der Waals surface area contributed by atoms with E-state index in [1.165, 1.54) is 11.6 Å². The molecule has 0 bridgehead atoms. The average Bonchev–Trinajstić information content (AvgIpc) is 3.09. The summed E-state index contributed by atoms with van der Waals surface area (Å²) in [4.78, 5) is 17.3. The van der Waals surface area contributed by atoms with E-state index in [2.05, 4.69) is 32.9 Å². The van der Waals surface area contributed by atoms with E-state index in [1.54, 1.807) is 16.8 Å². The lowest BCUT2D eigenvalue weighted by Crippen LogP contribution is -2.28. The number of halogens is 2. The fraction of sp³-hybridized carbons (Fsp3) is 0.333. The van der Waals surface area contributed by atoms with Gasteiger partial charge in [-0.2, -0.15) is 0 Å². The van der Waals surface area contributed by atoms with Crippen molar-refractivity contribution in [1.29, 1.82) is 0 Å². The number of rotatable bonds is 3. The van der Waals surface area contributed by atoms with Gasteiger partial charge in [-0.1, -0.05) is 15.9 Å². The molecule has 1 N–H and O–H groups in total. The van der Waals surface area contributed by atoms with Gasteiger partial charge in [0.15, 0.2) is 0 Å². The van der Waals surface area contributed by atoms with Crippen molar-refractivity contribution in [3.63, 3.8) is 0 Å². The normalized spacial score (nSPS) is 20.6. The average molecular weight is 468 g/mol. The largest absolute Gasteiger partial charge is 0.295 e. The van der Waals surface area contributed by atoms with Gasteiger partial charge in [0.25, 0.3) is 5.56 Å². The first-order chi connectivity index (χ1) is 14.5. The summed E-state index contributed by atoms with van der Waals surface area (Å²) in [5, 5.41) is 4.94. The van der Waals surface area contributed by atoms with Crippen LogP contribution in [0.25, 0.3) is 21.8 Å². The number of nitrogens with zero attached hydrogens (tertiary/aromatic N) is 2. The number of benzene rings is 2. The first kappa shape index (κ1) is 19.5. The summed E-state index contributed by atoms with van der Waals surface area (Å²) in [5.41, 5.74) is 2.95. The predicted molar refractivity (Wildman–Crippen MR) is 121 cm³/mol. The Balaban J connectivity index is 1.37. The van der Waals surface area contributed by atoms with Crippen LogP contribution < -0.4 is 5.56 Å². The second kappa shape index (κ2) is 7.65. The summed E-state index contributed by atoms with van der Waals surface area (Å²) < 4.78 is 16.5. The molecule has 30 heavy (non-hydrogen) atoms. The Morgan fingerprint density at radius 3 is 2.70 bits per heavy atom. The molecule has 1 atom stereocenters. The van der Waals surface area contributed by atoms with Crippen LogP contribution in [0.15, 0.2) is 57.9 Å². The van der Waals surface area contributed by atoms with Gasteiger partial charge in [-0.15, -0.1) is 0 Å². The number of H-pyrrole nitrogens is 1. The van der Waals surface area contributed by atoms with Gasteiger partial charge in [0, 0.05) is 16.1 Å². The third-order valence-corrected chi connectivity index (χ3v) is 7.20. The number of hydrogen-bond acceptors (Lipinski definition) is 2. The molecule has 154 valence electrons. The van der Waals surface area contributed by atoms with Crippen LogP contribution in [0, 0.1) is 11.7 Å². The molecule has 1 aliphatic rings. The summed E-state index contributed by atoms with van der Waals surface area (Å²) in [6.45, 7) is 2.13. The second-order valence-electron chi connectivity index (χ2n) is 8.39. The van der Waals surface area contributed by atoms with E-state index in [4.69, 9.17) is 0 Å². The Labute approximate surface area is 182 Å². The van der Waals surface area contributed by atoms with Crippen molar-refractivity contribution in [2.45, 2.75) is 44.6 Å². The topological polar surface area (TPSA) is 50.7 Å². The van der Waals surface area contributed by atoms with E-state index < -0.39 is 0 Å². The molecule has 0 amide bonds. The van der Waals surface area contributed by atoms with Gasteiger partial charge in [-0.3, -0.25) is 14.9 Å². The molecule has 5 rings (SSSR count). The maximum Gasteiger partial charge on any atom is 0.274 e. The molecule has 2 aromatic carbocycles. The molecular weight excluding hydrogens is 445 g/mol. The highest BCUT2D eigenvalue weighted by molar-refractivity contribution is 9.10. The van der Waals surface area contributed by atoms with Crippen LogP contribution in [0.5, 0.6) is 0 Å². The molecule has 0 radical (unpaired) electrons. The molecule has 0 aliphatic heterocycles. The van der Waals surface area contributed by atoms with Crippen molar-refractivity contribution in [2.75, 3.05) is 0 Å². The van der Waals surface area contributed by atoms with Crippen LogP contribution in [0.3, 0.4) is 0 Å². The van der Waals surface area contributed by atoms with E-state index in [-0.39, 0.29) is 17.4 Å². The second-order valence-corrected chi connectivity index (χ2v) is 9.31. The summed E-state index contributed by atoms with van der Waals surface area (Å²) in [7, 11) is 0. The fourth-order valence-corrected chi connectivity index (χ4v) is 5.37. The van der Waals surface area contributed by atoms with Crippen LogP contribution >= 0.6 is 15.9 Å². The zero-order valence-electron chi connectivity index (χ0n) is 16.7. The van der Waals surface area contributed by atoms with Crippen LogP contribution in [0.4, 0.5) is 4.39 Å². The minimum absolute atomic E-state index is 0.0385. The Morgan fingerprint density at radius 1 is 1.10 bits per heavy atom. The first-order valence-electron chi connectivity index (χ1n) is 10.4. The standard InChI is InChI=1S/C24H23BrFN3O/c1-14(29-24(30)21-12-17(25)6-8-23(21)28-29)15-2-4-16(5-3-15)19-10-11-27-22-9-7-18(26)13-20(19)22/h6-16,28H,2-5H2,1H3/t14-,15?,16?/m1/s1. The zero-order valence-corrected chi connectivity index (χ0v) is 18.3. The highest BCUT2D eigenvalue weighted by Gasteiger charge is 2.29. The van der Waals surface area contributed by atoms with Crippen molar-refractivity contribution in [3.8, 4) is 0 Å². The van der Waals surface area contributed by atoms with Gasteiger partial charge in [-0.05, 0) is 92.5 Å². The van der Waals surface area contributed by atoms with Gasteiger partial charge < -0.3 is 0 Å². The van der Waals surface area contributed by atoms with E-state index in [1.807, 2.05) is 30.5 Å². The van der Waals surface area contributed by atoms with Crippen LogP contribution in [0.2, 0.25) is 0 Å². The molecule has 1 fully saturated rings. The number of hydrogen-bond donors (Lipinski definition) is 1. The molecule has 0 unspecified atom stereocenters. The molecule has 6 heteroatoms.